The van der Waals surface area contributed by atoms with Gasteiger partial charge in [0.15, 0.2) is 0 Å². The molecule has 1 N–H and O–H groups in total. The fourth-order valence-electron chi connectivity index (χ4n) is 1.53. The van der Waals surface area contributed by atoms with Crippen molar-refractivity contribution in [1.82, 2.24) is 15.0 Å². The van der Waals surface area contributed by atoms with Crippen molar-refractivity contribution in [1.29, 1.82) is 0 Å². The lowest BCUT2D eigenvalue weighted by atomic mass is 10.2. The van der Waals surface area contributed by atoms with E-state index in [2.05, 4.69) is 26.2 Å². The summed E-state index contributed by atoms with van der Waals surface area (Å²) in [5.74, 6) is 0. The molecule has 0 amide bonds. The maximum absolute atomic E-state index is 10.6. The number of nitro benzene ring substituents is 1. The molecule has 2 aromatic rings. The number of nitrogens with zero attached hydrogens (tertiary/aromatic N) is 4. The monoisotopic (exact) mass is 326 g/mol. The van der Waals surface area contributed by atoms with Gasteiger partial charge in [-0.1, -0.05) is 21.1 Å². The zero-order valence-electron chi connectivity index (χ0n) is 10.0. The van der Waals surface area contributed by atoms with E-state index in [9.17, 15) is 15.2 Å². The lowest BCUT2D eigenvalue weighted by Gasteiger charge is -2.04. The highest BCUT2D eigenvalue weighted by Crippen LogP contribution is 2.23. The van der Waals surface area contributed by atoms with Crippen LogP contribution in [0.2, 0.25) is 0 Å². The van der Waals surface area contributed by atoms with Crippen molar-refractivity contribution in [3.63, 3.8) is 0 Å². The van der Waals surface area contributed by atoms with Gasteiger partial charge in [0, 0.05) is 16.6 Å². The van der Waals surface area contributed by atoms with Crippen molar-refractivity contribution < 1.29 is 10.0 Å². The Labute approximate surface area is 117 Å². The van der Waals surface area contributed by atoms with Crippen molar-refractivity contribution >= 4 is 21.6 Å². The van der Waals surface area contributed by atoms with E-state index >= 15 is 0 Å². The van der Waals surface area contributed by atoms with E-state index in [0.717, 1.165) is 5.56 Å². The molecule has 7 nitrogen and oxygen atoms in total. The first kappa shape index (κ1) is 13.6. The molecular weight excluding hydrogens is 316 g/mol. The Morgan fingerprint density at radius 1 is 1.58 bits per heavy atom. The second-order valence-corrected chi connectivity index (χ2v) is 4.90. The smallest absolute Gasteiger partial charge is 0.270 e. The van der Waals surface area contributed by atoms with Crippen LogP contribution in [0.15, 0.2) is 28.9 Å². The minimum absolute atomic E-state index is 0.0267. The summed E-state index contributed by atoms with van der Waals surface area (Å²) in [6.45, 7) is 2.02. The number of aromatic nitrogens is 3. The molecule has 0 aliphatic heterocycles. The Balaban J connectivity index is 2.20. The number of benzene rings is 1. The molecule has 0 aliphatic rings. The van der Waals surface area contributed by atoms with Crippen LogP contribution >= 0.6 is 15.9 Å². The number of nitro groups is 1. The van der Waals surface area contributed by atoms with Gasteiger partial charge in [-0.3, -0.25) is 10.1 Å². The third kappa shape index (κ3) is 3.15. The molecule has 0 radical (unpaired) electrons. The molecule has 0 bridgehead atoms. The van der Waals surface area contributed by atoms with Crippen LogP contribution in [-0.4, -0.2) is 25.0 Å². The van der Waals surface area contributed by atoms with Gasteiger partial charge in [0.1, 0.15) is 5.69 Å². The summed E-state index contributed by atoms with van der Waals surface area (Å²) in [5, 5.41) is 27.7. The normalized spacial score (nSPS) is 12.4. The van der Waals surface area contributed by atoms with E-state index in [1.54, 1.807) is 23.9 Å². The third-order valence-electron chi connectivity index (χ3n) is 2.56. The van der Waals surface area contributed by atoms with Gasteiger partial charge < -0.3 is 5.11 Å². The molecule has 1 atom stereocenters. The van der Waals surface area contributed by atoms with Gasteiger partial charge in [-0.15, -0.1) is 5.10 Å². The fourth-order valence-corrected chi connectivity index (χ4v) is 2.03. The first-order valence-corrected chi connectivity index (χ1v) is 6.27. The fraction of sp³-hybridized carbons (Fsp3) is 0.273. The largest absolute Gasteiger partial charge is 0.387 e. The van der Waals surface area contributed by atoms with Crippen LogP contribution in [-0.2, 0) is 6.54 Å². The summed E-state index contributed by atoms with van der Waals surface area (Å²) in [4.78, 5) is 10.2. The molecule has 0 spiro atoms. The third-order valence-corrected chi connectivity index (χ3v) is 3.30. The topological polar surface area (TPSA) is 94.1 Å². The van der Waals surface area contributed by atoms with Crippen molar-refractivity contribution in [2.45, 2.75) is 19.6 Å². The second-order valence-electron chi connectivity index (χ2n) is 4.05. The van der Waals surface area contributed by atoms with Gasteiger partial charge in [-0.2, -0.15) is 0 Å². The number of halogens is 1. The average molecular weight is 327 g/mol. The lowest BCUT2D eigenvalue weighted by Crippen LogP contribution is -2.01. The molecular formula is C11H11BrN4O3. The molecule has 1 aromatic carbocycles. The van der Waals surface area contributed by atoms with Gasteiger partial charge >= 0.3 is 0 Å². The van der Waals surface area contributed by atoms with Crippen molar-refractivity contribution in [2.24, 2.45) is 0 Å². The molecule has 0 fully saturated rings. The first-order chi connectivity index (χ1) is 8.97. The highest BCUT2D eigenvalue weighted by molar-refractivity contribution is 9.10. The van der Waals surface area contributed by atoms with E-state index in [4.69, 9.17) is 0 Å². The predicted octanol–water partition coefficient (Wildman–Crippen LogP) is 2.05. The highest BCUT2D eigenvalue weighted by atomic mass is 79.9. The first-order valence-electron chi connectivity index (χ1n) is 5.48. The van der Waals surface area contributed by atoms with Crippen LogP contribution in [0.3, 0.4) is 0 Å². The van der Waals surface area contributed by atoms with E-state index in [0.29, 0.717) is 16.7 Å². The predicted molar refractivity (Wildman–Crippen MR) is 70.6 cm³/mol. The van der Waals surface area contributed by atoms with Gasteiger partial charge in [0.05, 0.1) is 23.8 Å². The van der Waals surface area contributed by atoms with Crippen molar-refractivity contribution in [3.8, 4) is 0 Å². The summed E-state index contributed by atoms with van der Waals surface area (Å²) in [6.07, 6.45) is 0.965. The quantitative estimate of drug-likeness (QED) is 0.685. The number of aliphatic hydroxyl groups is 1. The van der Waals surface area contributed by atoms with Gasteiger partial charge in [-0.05, 0) is 18.6 Å². The Morgan fingerprint density at radius 3 is 2.84 bits per heavy atom. The molecule has 2 rings (SSSR count). The number of rotatable bonds is 4. The maximum Gasteiger partial charge on any atom is 0.270 e. The van der Waals surface area contributed by atoms with Crippen LogP contribution < -0.4 is 0 Å². The number of aliphatic hydroxyl groups excluding tert-OH is 1. The maximum atomic E-state index is 10.6. The molecule has 0 aliphatic carbocycles. The van der Waals surface area contributed by atoms with Crippen LogP contribution in [0.4, 0.5) is 5.69 Å². The summed E-state index contributed by atoms with van der Waals surface area (Å²) >= 11 is 3.29. The Kier molecular flexibility index (Phi) is 3.91. The molecule has 1 heterocycles. The van der Waals surface area contributed by atoms with Crippen LogP contribution in [0.1, 0.15) is 24.3 Å². The average Bonchev–Trinajstić information content (AvgIpc) is 2.80. The highest BCUT2D eigenvalue weighted by Gasteiger charge is 2.11. The van der Waals surface area contributed by atoms with Gasteiger partial charge in [-0.25, -0.2) is 4.68 Å². The van der Waals surface area contributed by atoms with E-state index < -0.39 is 11.0 Å². The van der Waals surface area contributed by atoms with Crippen molar-refractivity contribution in [3.05, 3.63) is 50.2 Å². The van der Waals surface area contributed by atoms with Crippen LogP contribution in [0.5, 0.6) is 0 Å². The molecule has 1 unspecified atom stereocenters. The SMILES string of the molecule is CC(O)c1cn(Cc2ccc([N+](=O)[O-])cc2Br)nn1. The minimum atomic E-state index is -0.672. The zero-order valence-corrected chi connectivity index (χ0v) is 11.6. The minimum Gasteiger partial charge on any atom is -0.387 e. The molecule has 8 heteroatoms. The van der Waals surface area contributed by atoms with E-state index in [1.807, 2.05) is 0 Å². The van der Waals surface area contributed by atoms with Gasteiger partial charge in [0.25, 0.3) is 5.69 Å². The summed E-state index contributed by atoms with van der Waals surface area (Å²) in [5.41, 5.74) is 1.35. The number of hydrogen-bond acceptors (Lipinski definition) is 5. The van der Waals surface area contributed by atoms with Gasteiger partial charge in [0.2, 0.25) is 0 Å². The standard InChI is InChI=1S/C11H11BrN4O3/c1-7(17)11-6-15(14-13-11)5-8-2-3-9(16(18)19)4-10(8)12/h2-4,6-7,17H,5H2,1H3. The molecule has 100 valence electrons. The molecule has 19 heavy (non-hydrogen) atoms. The summed E-state index contributed by atoms with van der Waals surface area (Å²) in [6, 6.07) is 4.54. The Bertz CT molecular complexity index is 612. The Hall–Kier alpha value is -1.80. The van der Waals surface area contributed by atoms with E-state index in [-0.39, 0.29) is 5.69 Å². The molecule has 0 saturated heterocycles. The summed E-state index contributed by atoms with van der Waals surface area (Å²) in [7, 11) is 0. The molecule has 1 aromatic heterocycles. The zero-order chi connectivity index (χ0) is 14.0. The number of non-ortho nitro benzene ring substituents is 1. The lowest BCUT2D eigenvalue weighted by molar-refractivity contribution is -0.384. The van der Waals surface area contributed by atoms with Crippen LogP contribution in [0, 0.1) is 10.1 Å². The number of hydrogen-bond donors (Lipinski definition) is 1. The van der Waals surface area contributed by atoms with Crippen LogP contribution in [0.25, 0.3) is 0 Å². The molecule has 0 saturated carbocycles. The van der Waals surface area contributed by atoms with E-state index in [1.165, 1.54) is 12.1 Å². The summed E-state index contributed by atoms with van der Waals surface area (Å²) < 4.78 is 2.20. The second kappa shape index (κ2) is 5.45. The van der Waals surface area contributed by atoms with Crippen molar-refractivity contribution in [2.75, 3.05) is 0 Å². The Morgan fingerprint density at radius 2 is 2.32 bits per heavy atom.